The molecule has 0 radical (unpaired) electrons. The first-order valence-electron chi connectivity index (χ1n) is 5.34. The van der Waals surface area contributed by atoms with Crippen LogP contribution in [-0.4, -0.2) is 11.5 Å². The monoisotopic (exact) mass is 200 g/mol. The van der Waals surface area contributed by atoms with Gasteiger partial charge in [-0.2, -0.15) is 0 Å². The third-order valence-corrected chi connectivity index (χ3v) is 2.69. The summed E-state index contributed by atoms with van der Waals surface area (Å²) in [5, 5.41) is 2.52. The number of hydrogen-bond acceptors (Lipinski definition) is 2. The minimum absolute atomic E-state index is 0.754. The van der Waals surface area contributed by atoms with E-state index in [-0.39, 0.29) is 0 Å². The Morgan fingerprint density at radius 3 is 2.93 bits per heavy atom. The molecule has 2 nitrogen and oxygen atoms in total. The van der Waals surface area contributed by atoms with Crippen molar-refractivity contribution in [1.29, 1.82) is 0 Å². The third-order valence-electron chi connectivity index (χ3n) is 2.69. The summed E-state index contributed by atoms with van der Waals surface area (Å²) in [6, 6.07) is 6.58. The zero-order valence-corrected chi connectivity index (χ0v) is 9.03. The number of benzene rings is 1. The van der Waals surface area contributed by atoms with E-state index in [1.165, 1.54) is 21.9 Å². The topological polar surface area (TPSA) is 38.9 Å². The van der Waals surface area contributed by atoms with Crippen LogP contribution in [-0.2, 0) is 6.42 Å². The lowest BCUT2D eigenvalue weighted by atomic mass is 10.0. The molecule has 2 N–H and O–H groups in total. The Bertz CT molecular complexity index is 463. The van der Waals surface area contributed by atoms with Crippen molar-refractivity contribution in [1.82, 2.24) is 4.98 Å². The Balaban J connectivity index is 2.39. The number of nitrogens with zero attached hydrogens (tertiary/aromatic N) is 1. The van der Waals surface area contributed by atoms with Gasteiger partial charge >= 0.3 is 0 Å². The van der Waals surface area contributed by atoms with E-state index >= 15 is 0 Å². The molecule has 1 heterocycles. The van der Waals surface area contributed by atoms with Crippen LogP contribution >= 0.6 is 0 Å². The van der Waals surface area contributed by atoms with Gasteiger partial charge in [-0.05, 0) is 48.9 Å². The number of pyridine rings is 1. The number of fused-ring (bicyclic) bond motifs is 1. The van der Waals surface area contributed by atoms with Gasteiger partial charge in [0.25, 0.3) is 0 Å². The van der Waals surface area contributed by atoms with E-state index in [1.54, 1.807) is 0 Å². The van der Waals surface area contributed by atoms with Crippen molar-refractivity contribution in [3.05, 3.63) is 41.7 Å². The zero-order chi connectivity index (χ0) is 10.7. The summed E-state index contributed by atoms with van der Waals surface area (Å²) in [4.78, 5) is 4.21. The Hall–Kier alpha value is -1.41. The Morgan fingerprint density at radius 2 is 2.13 bits per heavy atom. The molecule has 78 valence electrons. The van der Waals surface area contributed by atoms with Crippen molar-refractivity contribution >= 4 is 10.8 Å². The molecule has 1 aromatic heterocycles. The molecular weight excluding hydrogens is 184 g/mol. The highest BCUT2D eigenvalue weighted by Crippen LogP contribution is 2.18. The first-order valence-corrected chi connectivity index (χ1v) is 5.34. The second-order valence-corrected chi connectivity index (χ2v) is 3.90. The maximum absolute atomic E-state index is 5.50. The summed E-state index contributed by atoms with van der Waals surface area (Å²) in [6.45, 7) is 2.85. The van der Waals surface area contributed by atoms with Crippen molar-refractivity contribution in [3.8, 4) is 0 Å². The second-order valence-electron chi connectivity index (χ2n) is 3.90. The lowest BCUT2D eigenvalue weighted by Gasteiger charge is -2.04. The van der Waals surface area contributed by atoms with Crippen molar-refractivity contribution in [3.63, 3.8) is 0 Å². The highest BCUT2D eigenvalue weighted by Gasteiger charge is 1.99. The largest absolute Gasteiger partial charge is 0.330 e. The molecule has 0 atom stereocenters. The van der Waals surface area contributed by atoms with Gasteiger partial charge in [0.2, 0.25) is 0 Å². The van der Waals surface area contributed by atoms with E-state index in [0.29, 0.717) is 0 Å². The first kappa shape index (κ1) is 10.1. The average molecular weight is 200 g/mol. The molecule has 0 saturated heterocycles. The van der Waals surface area contributed by atoms with Gasteiger partial charge in [0.1, 0.15) is 0 Å². The summed E-state index contributed by atoms with van der Waals surface area (Å²) in [7, 11) is 0. The molecule has 2 heteroatoms. The van der Waals surface area contributed by atoms with Gasteiger partial charge in [-0.15, -0.1) is 0 Å². The Labute approximate surface area is 90.1 Å². The maximum Gasteiger partial charge on any atom is 0.0346 e. The summed E-state index contributed by atoms with van der Waals surface area (Å²) in [5.41, 5.74) is 8.08. The van der Waals surface area contributed by atoms with Gasteiger partial charge in [0.15, 0.2) is 0 Å². The summed E-state index contributed by atoms with van der Waals surface area (Å²) in [5.74, 6) is 0. The molecule has 0 unspecified atom stereocenters. The summed E-state index contributed by atoms with van der Waals surface area (Å²) in [6.07, 6.45) is 5.93. The normalized spacial score (nSPS) is 10.8. The van der Waals surface area contributed by atoms with Crippen LogP contribution in [0.2, 0.25) is 0 Å². The maximum atomic E-state index is 5.50. The standard InChI is InChI=1S/C13H16N2/c1-10-8-15-9-12-7-11(3-2-6-14)4-5-13(10)12/h4-5,7-9H,2-3,6,14H2,1H3. The fraction of sp³-hybridized carbons (Fsp3) is 0.308. The van der Waals surface area contributed by atoms with Crippen LogP contribution in [0.5, 0.6) is 0 Å². The fourth-order valence-electron chi connectivity index (χ4n) is 1.84. The zero-order valence-electron chi connectivity index (χ0n) is 9.03. The molecule has 15 heavy (non-hydrogen) atoms. The van der Waals surface area contributed by atoms with E-state index in [1.807, 2.05) is 12.4 Å². The molecular formula is C13H16N2. The minimum atomic E-state index is 0.754. The van der Waals surface area contributed by atoms with E-state index in [0.717, 1.165) is 19.4 Å². The van der Waals surface area contributed by atoms with Crippen molar-refractivity contribution < 1.29 is 0 Å². The van der Waals surface area contributed by atoms with Crippen LogP contribution in [0.4, 0.5) is 0 Å². The van der Waals surface area contributed by atoms with Crippen LogP contribution in [0.25, 0.3) is 10.8 Å². The van der Waals surface area contributed by atoms with E-state index in [4.69, 9.17) is 5.73 Å². The van der Waals surface area contributed by atoms with Crippen LogP contribution in [0.15, 0.2) is 30.6 Å². The number of nitrogens with two attached hydrogens (primary N) is 1. The molecule has 0 fully saturated rings. The summed E-state index contributed by atoms with van der Waals surface area (Å²) < 4.78 is 0. The minimum Gasteiger partial charge on any atom is -0.330 e. The molecule has 0 aliphatic rings. The molecule has 0 amide bonds. The number of aromatic nitrogens is 1. The highest BCUT2D eigenvalue weighted by atomic mass is 14.6. The van der Waals surface area contributed by atoms with Crippen molar-refractivity contribution in [2.24, 2.45) is 5.73 Å². The SMILES string of the molecule is Cc1cncc2cc(CCCN)ccc12. The molecule has 1 aromatic carbocycles. The smallest absolute Gasteiger partial charge is 0.0346 e. The van der Waals surface area contributed by atoms with Gasteiger partial charge in [-0.25, -0.2) is 0 Å². The van der Waals surface area contributed by atoms with E-state index < -0.39 is 0 Å². The lowest BCUT2D eigenvalue weighted by Crippen LogP contribution is -2.00. The Morgan fingerprint density at radius 1 is 1.27 bits per heavy atom. The van der Waals surface area contributed by atoms with Gasteiger partial charge in [0.05, 0.1) is 0 Å². The highest BCUT2D eigenvalue weighted by molar-refractivity contribution is 5.85. The quantitative estimate of drug-likeness (QED) is 0.826. The van der Waals surface area contributed by atoms with Gasteiger partial charge in [-0.1, -0.05) is 12.1 Å². The number of aryl methyl sites for hydroxylation is 2. The van der Waals surface area contributed by atoms with Gasteiger partial charge in [0, 0.05) is 17.8 Å². The molecule has 2 rings (SSSR count). The molecule has 2 aromatic rings. The average Bonchev–Trinajstić information content (AvgIpc) is 2.26. The van der Waals surface area contributed by atoms with Gasteiger partial charge in [-0.3, -0.25) is 4.98 Å². The van der Waals surface area contributed by atoms with E-state index in [9.17, 15) is 0 Å². The second kappa shape index (κ2) is 4.41. The molecule has 0 aliphatic heterocycles. The number of hydrogen-bond donors (Lipinski definition) is 1. The van der Waals surface area contributed by atoms with E-state index in [2.05, 4.69) is 30.1 Å². The predicted molar refractivity (Wildman–Crippen MR) is 63.9 cm³/mol. The van der Waals surface area contributed by atoms with Crippen LogP contribution in [0.3, 0.4) is 0 Å². The molecule has 0 saturated carbocycles. The summed E-state index contributed by atoms with van der Waals surface area (Å²) >= 11 is 0. The first-order chi connectivity index (χ1) is 7.31. The molecule has 0 bridgehead atoms. The van der Waals surface area contributed by atoms with Crippen molar-refractivity contribution in [2.45, 2.75) is 19.8 Å². The fourth-order valence-corrected chi connectivity index (χ4v) is 1.84. The molecule has 0 aliphatic carbocycles. The van der Waals surface area contributed by atoms with Gasteiger partial charge < -0.3 is 5.73 Å². The Kier molecular flexibility index (Phi) is 2.97. The van der Waals surface area contributed by atoms with Crippen molar-refractivity contribution in [2.75, 3.05) is 6.54 Å². The number of rotatable bonds is 3. The molecule has 0 spiro atoms. The predicted octanol–water partition coefficient (Wildman–Crippen LogP) is 2.43. The van der Waals surface area contributed by atoms with Crippen LogP contribution in [0.1, 0.15) is 17.5 Å². The third kappa shape index (κ3) is 2.16. The van der Waals surface area contributed by atoms with Crippen LogP contribution < -0.4 is 5.73 Å². The lowest BCUT2D eigenvalue weighted by molar-refractivity contribution is 0.833. The van der Waals surface area contributed by atoms with Crippen LogP contribution in [0, 0.1) is 6.92 Å².